The summed E-state index contributed by atoms with van der Waals surface area (Å²) in [6.45, 7) is 6.67. The summed E-state index contributed by atoms with van der Waals surface area (Å²) in [5.74, 6) is 0. The molecule has 2 nitrogen and oxygen atoms in total. The zero-order chi connectivity index (χ0) is 12.7. The monoisotopic (exact) mass is 319 g/mol. The van der Waals surface area contributed by atoms with Crippen LogP contribution in [0.5, 0.6) is 0 Å². The van der Waals surface area contributed by atoms with Crippen molar-refractivity contribution in [3.8, 4) is 0 Å². The smallest absolute Gasteiger partial charge is 0.0477 e. The Morgan fingerprint density at radius 2 is 2.24 bits per heavy atom. The molecule has 0 heterocycles. The summed E-state index contributed by atoms with van der Waals surface area (Å²) in [6, 6.07) is 6.25. The Bertz CT molecular complexity index is 346. The van der Waals surface area contributed by atoms with Crippen LogP contribution in [0.3, 0.4) is 0 Å². The summed E-state index contributed by atoms with van der Waals surface area (Å²) in [4.78, 5) is 0. The van der Waals surface area contributed by atoms with E-state index in [4.69, 9.17) is 16.3 Å². The molecule has 1 rings (SSSR count). The van der Waals surface area contributed by atoms with Gasteiger partial charge in [0.05, 0.1) is 0 Å². The Labute approximate surface area is 117 Å². The fraction of sp³-hybridized carbons (Fsp3) is 0.538. The molecule has 0 aliphatic carbocycles. The summed E-state index contributed by atoms with van der Waals surface area (Å²) in [7, 11) is 0. The van der Waals surface area contributed by atoms with Gasteiger partial charge in [0.25, 0.3) is 0 Å². The largest absolute Gasteiger partial charge is 0.382 e. The van der Waals surface area contributed by atoms with Crippen molar-refractivity contribution in [2.75, 3.05) is 19.8 Å². The van der Waals surface area contributed by atoms with Crippen LogP contribution in [0.1, 0.15) is 31.9 Å². The lowest BCUT2D eigenvalue weighted by atomic mass is 10.1. The highest BCUT2D eigenvalue weighted by Gasteiger charge is 2.08. The van der Waals surface area contributed by atoms with E-state index >= 15 is 0 Å². The minimum Gasteiger partial charge on any atom is -0.382 e. The van der Waals surface area contributed by atoms with Crippen LogP contribution in [0.15, 0.2) is 22.7 Å². The zero-order valence-electron chi connectivity index (χ0n) is 10.3. The standard InChI is InChI=1S/C13H19BrClNO/c1-3-17-8-4-7-16-10(2)12-6-5-11(14)9-13(12)15/h5-6,9-10,16H,3-4,7-8H2,1-2H3. The maximum absolute atomic E-state index is 6.19. The lowest BCUT2D eigenvalue weighted by Gasteiger charge is -2.15. The fourth-order valence-electron chi connectivity index (χ4n) is 1.60. The van der Waals surface area contributed by atoms with Gasteiger partial charge in [-0.3, -0.25) is 0 Å². The highest BCUT2D eigenvalue weighted by molar-refractivity contribution is 9.10. The number of rotatable bonds is 7. The van der Waals surface area contributed by atoms with Gasteiger partial charge in [-0.15, -0.1) is 0 Å². The van der Waals surface area contributed by atoms with Gasteiger partial charge in [0.1, 0.15) is 0 Å². The fourth-order valence-corrected chi connectivity index (χ4v) is 2.44. The van der Waals surface area contributed by atoms with Crippen LogP contribution in [0.2, 0.25) is 5.02 Å². The van der Waals surface area contributed by atoms with Gasteiger partial charge >= 0.3 is 0 Å². The van der Waals surface area contributed by atoms with Crippen molar-refractivity contribution in [1.29, 1.82) is 0 Å². The first-order valence-corrected chi connectivity index (χ1v) is 7.08. The van der Waals surface area contributed by atoms with Gasteiger partial charge in [-0.2, -0.15) is 0 Å². The molecule has 0 saturated carbocycles. The zero-order valence-corrected chi connectivity index (χ0v) is 12.6. The number of ether oxygens (including phenoxy) is 1. The van der Waals surface area contributed by atoms with E-state index in [0.29, 0.717) is 0 Å². The van der Waals surface area contributed by atoms with E-state index in [1.54, 1.807) is 0 Å². The first kappa shape index (κ1) is 15.0. The van der Waals surface area contributed by atoms with Crippen molar-refractivity contribution in [1.82, 2.24) is 5.32 Å². The molecular weight excluding hydrogens is 302 g/mol. The Balaban J connectivity index is 2.38. The molecule has 1 aromatic carbocycles. The van der Waals surface area contributed by atoms with Crippen molar-refractivity contribution in [2.45, 2.75) is 26.3 Å². The van der Waals surface area contributed by atoms with Crippen LogP contribution in [0.4, 0.5) is 0 Å². The van der Waals surface area contributed by atoms with Gasteiger partial charge < -0.3 is 10.1 Å². The van der Waals surface area contributed by atoms with Crippen LogP contribution in [-0.2, 0) is 4.74 Å². The average molecular weight is 321 g/mol. The Kier molecular flexibility index (Phi) is 7.12. The van der Waals surface area contributed by atoms with Crippen molar-refractivity contribution in [2.24, 2.45) is 0 Å². The predicted octanol–water partition coefficient (Wildman–Crippen LogP) is 4.18. The van der Waals surface area contributed by atoms with E-state index < -0.39 is 0 Å². The molecule has 0 radical (unpaired) electrons. The van der Waals surface area contributed by atoms with Gasteiger partial charge in [0, 0.05) is 28.8 Å². The average Bonchev–Trinajstić information content (AvgIpc) is 2.28. The van der Waals surface area contributed by atoms with Gasteiger partial charge in [0.2, 0.25) is 0 Å². The first-order chi connectivity index (χ1) is 8.15. The highest BCUT2D eigenvalue weighted by Crippen LogP contribution is 2.26. The van der Waals surface area contributed by atoms with Crippen LogP contribution in [0, 0.1) is 0 Å². The summed E-state index contributed by atoms with van der Waals surface area (Å²) in [6.07, 6.45) is 1.02. The van der Waals surface area contributed by atoms with Crippen molar-refractivity contribution >= 4 is 27.5 Å². The summed E-state index contributed by atoms with van der Waals surface area (Å²) in [5, 5.41) is 4.23. The molecule has 1 N–H and O–H groups in total. The summed E-state index contributed by atoms with van der Waals surface area (Å²) in [5.41, 5.74) is 1.13. The second-order valence-electron chi connectivity index (χ2n) is 3.89. The van der Waals surface area contributed by atoms with Gasteiger partial charge in [-0.1, -0.05) is 33.6 Å². The van der Waals surface area contributed by atoms with E-state index in [1.807, 2.05) is 25.1 Å². The third-order valence-corrected chi connectivity index (χ3v) is 3.37. The molecule has 96 valence electrons. The number of halogens is 2. The molecule has 0 saturated heterocycles. The van der Waals surface area contributed by atoms with Crippen LogP contribution < -0.4 is 5.32 Å². The quantitative estimate of drug-likeness (QED) is 0.761. The van der Waals surface area contributed by atoms with Crippen molar-refractivity contribution in [3.63, 3.8) is 0 Å². The molecule has 0 spiro atoms. The Morgan fingerprint density at radius 3 is 2.88 bits per heavy atom. The molecule has 0 aromatic heterocycles. The normalized spacial score (nSPS) is 12.7. The van der Waals surface area contributed by atoms with E-state index in [9.17, 15) is 0 Å². The minimum absolute atomic E-state index is 0.261. The maximum atomic E-state index is 6.19. The second-order valence-corrected chi connectivity index (χ2v) is 5.21. The number of benzene rings is 1. The van der Waals surface area contributed by atoms with E-state index in [1.165, 1.54) is 0 Å². The van der Waals surface area contributed by atoms with E-state index in [-0.39, 0.29) is 6.04 Å². The number of hydrogen-bond acceptors (Lipinski definition) is 2. The lowest BCUT2D eigenvalue weighted by Crippen LogP contribution is -2.21. The molecule has 0 aliphatic rings. The molecule has 0 aliphatic heterocycles. The van der Waals surface area contributed by atoms with Crippen LogP contribution in [0.25, 0.3) is 0 Å². The highest BCUT2D eigenvalue weighted by atomic mass is 79.9. The summed E-state index contributed by atoms with van der Waals surface area (Å²) < 4.78 is 6.30. The first-order valence-electron chi connectivity index (χ1n) is 5.91. The van der Waals surface area contributed by atoms with Crippen molar-refractivity contribution in [3.05, 3.63) is 33.3 Å². The molecular formula is C13H19BrClNO. The summed E-state index contributed by atoms with van der Waals surface area (Å²) >= 11 is 9.60. The molecule has 17 heavy (non-hydrogen) atoms. The molecule has 0 bridgehead atoms. The minimum atomic E-state index is 0.261. The maximum Gasteiger partial charge on any atom is 0.0477 e. The Morgan fingerprint density at radius 1 is 1.47 bits per heavy atom. The lowest BCUT2D eigenvalue weighted by molar-refractivity contribution is 0.144. The topological polar surface area (TPSA) is 21.3 Å². The van der Waals surface area contributed by atoms with Gasteiger partial charge in [0.15, 0.2) is 0 Å². The van der Waals surface area contributed by atoms with Crippen LogP contribution >= 0.6 is 27.5 Å². The number of nitrogens with one attached hydrogen (secondary N) is 1. The third kappa shape index (κ3) is 5.38. The molecule has 1 aromatic rings. The molecule has 4 heteroatoms. The molecule has 1 unspecified atom stereocenters. The van der Waals surface area contributed by atoms with E-state index in [0.717, 1.165) is 41.2 Å². The SMILES string of the molecule is CCOCCCNC(C)c1ccc(Br)cc1Cl. The Hall–Kier alpha value is -0.0900. The molecule has 0 fully saturated rings. The number of hydrogen-bond donors (Lipinski definition) is 1. The third-order valence-electron chi connectivity index (χ3n) is 2.55. The predicted molar refractivity (Wildman–Crippen MR) is 76.7 cm³/mol. The van der Waals surface area contributed by atoms with E-state index in [2.05, 4.69) is 28.2 Å². The molecule has 0 amide bonds. The molecule has 1 atom stereocenters. The van der Waals surface area contributed by atoms with Gasteiger partial charge in [-0.05, 0) is 44.5 Å². The van der Waals surface area contributed by atoms with Crippen molar-refractivity contribution < 1.29 is 4.74 Å². The second kappa shape index (κ2) is 8.09. The van der Waals surface area contributed by atoms with Gasteiger partial charge in [-0.25, -0.2) is 0 Å². The van der Waals surface area contributed by atoms with Crippen LogP contribution in [-0.4, -0.2) is 19.8 Å².